The summed E-state index contributed by atoms with van der Waals surface area (Å²) in [6.07, 6.45) is 5.25. The van der Waals surface area contributed by atoms with Crippen LogP contribution in [0.25, 0.3) is 0 Å². The molecule has 2 aromatic rings. The van der Waals surface area contributed by atoms with Crippen LogP contribution in [0.2, 0.25) is 0 Å². The molecule has 2 heterocycles. The zero-order chi connectivity index (χ0) is 18.5. The van der Waals surface area contributed by atoms with Crippen molar-refractivity contribution in [2.75, 3.05) is 18.5 Å². The number of carbonyl (C=O) groups is 1. The number of carbonyl (C=O) groups excluding carboxylic acids is 1. The van der Waals surface area contributed by atoms with Crippen molar-refractivity contribution in [1.82, 2.24) is 15.3 Å². The Balaban J connectivity index is 1.65. The van der Waals surface area contributed by atoms with E-state index in [1.165, 1.54) is 11.8 Å². The molecule has 1 atom stereocenters. The van der Waals surface area contributed by atoms with Crippen LogP contribution in [0, 0.1) is 6.92 Å². The van der Waals surface area contributed by atoms with Gasteiger partial charge in [-0.25, -0.2) is 9.97 Å². The first-order valence-corrected chi connectivity index (χ1v) is 9.13. The van der Waals surface area contributed by atoms with Crippen LogP contribution in [0.4, 0.5) is 11.5 Å². The van der Waals surface area contributed by atoms with Crippen LogP contribution in [0.5, 0.6) is 0 Å². The minimum Gasteiger partial charge on any atom is -0.376 e. The maximum Gasteiger partial charge on any atom is 0.271 e. The topological polar surface area (TPSA) is 76.1 Å². The number of hydrogen-bond acceptors (Lipinski definition) is 5. The van der Waals surface area contributed by atoms with Gasteiger partial charge in [-0.2, -0.15) is 0 Å². The van der Waals surface area contributed by atoms with Crippen molar-refractivity contribution in [3.63, 3.8) is 0 Å². The highest BCUT2D eigenvalue weighted by molar-refractivity contribution is 5.92. The van der Waals surface area contributed by atoms with E-state index in [-0.39, 0.29) is 12.0 Å². The molecule has 1 aromatic heterocycles. The molecule has 1 amide bonds. The lowest BCUT2D eigenvalue weighted by Crippen LogP contribution is -2.32. The number of amides is 1. The van der Waals surface area contributed by atoms with E-state index in [9.17, 15) is 4.79 Å². The van der Waals surface area contributed by atoms with Gasteiger partial charge < -0.3 is 15.4 Å². The van der Waals surface area contributed by atoms with Gasteiger partial charge in [-0.15, -0.1) is 0 Å². The van der Waals surface area contributed by atoms with Crippen molar-refractivity contribution >= 4 is 17.4 Å². The van der Waals surface area contributed by atoms with Crippen LogP contribution in [0.1, 0.15) is 54.2 Å². The first kappa shape index (κ1) is 18.3. The fourth-order valence-corrected chi connectivity index (χ4v) is 3.08. The van der Waals surface area contributed by atoms with Crippen molar-refractivity contribution in [3.8, 4) is 0 Å². The highest BCUT2D eigenvalue weighted by Gasteiger charge is 2.17. The van der Waals surface area contributed by atoms with Gasteiger partial charge in [-0.1, -0.05) is 32.0 Å². The number of anilines is 2. The van der Waals surface area contributed by atoms with E-state index in [0.29, 0.717) is 24.0 Å². The van der Waals surface area contributed by atoms with Crippen LogP contribution in [0.3, 0.4) is 0 Å². The Bertz CT molecular complexity index is 753. The normalized spacial score (nSPS) is 16.7. The summed E-state index contributed by atoms with van der Waals surface area (Å²) in [7, 11) is 0. The van der Waals surface area contributed by atoms with E-state index >= 15 is 0 Å². The Labute approximate surface area is 154 Å². The molecule has 3 rings (SSSR count). The summed E-state index contributed by atoms with van der Waals surface area (Å²) in [5, 5.41) is 6.20. The van der Waals surface area contributed by atoms with E-state index in [0.717, 1.165) is 30.7 Å². The summed E-state index contributed by atoms with van der Waals surface area (Å²) in [5.74, 6) is 0.795. The summed E-state index contributed by atoms with van der Waals surface area (Å²) < 4.78 is 5.51. The number of nitrogens with zero attached hydrogens (tertiary/aromatic N) is 2. The fourth-order valence-electron chi connectivity index (χ4n) is 3.08. The summed E-state index contributed by atoms with van der Waals surface area (Å²) in [4.78, 5) is 20.8. The van der Waals surface area contributed by atoms with Gasteiger partial charge in [0.05, 0.1) is 18.5 Å². The summed E-state index contributed by atoms with van der Waals surface area (Å²) >= 11 is 0. The smallest absolute Gasteiger partial charge is 0.271 e. The van der Waals surface area contributed by atoms with Crippen molar-refractivity contribution in [2.24, 2.45) is 0 Å². The Kier molecular flexibility index (Phi) is 5.83. The number of aryl methyl sites for hydroxylation is 1. The SMILES string of the molecule is Cc1cccc(C(C)C)c1Nc1cnc(C(=O)NCC2CCCO2)cn1. The number of benzene rings is 1. The zero-order valence-corrected chi connectivity index (χ0v) is 15.6. The number of aromatic nitrogens is 2. The minimum absolute atomic E-state index is 0.114. The lowest BCUT2D eigenvalue weighted by molar-refractivity contribution is 0.0853. The minimum atomic E-state index is -0.224. The molecule has 6 nitrogen and oxygen atoms in total. The highest BCUT2D eigenvalue weighted by Crippen LogP contribution is 2.29. The number of rotatable bonds is 6. The molecule has 0 saturated carbocycles. The number of ether oxygens (including phenoxy) is 1. The molecule has 138 valence electrons. The number of para-hydroxylation sites is 1. The van der Waals surface area contributed by atoms with Gasteiger partial charge in [0.25, 0.3) is 5.91 Å². The van der Waals surface area contributed by atoms with Gasteiger partial charge in [0.1, 0.15) is 11.5 Å². The maximum absolute atomic E-state index is 12.2. The summed E-state index contributed by atoms with van der Waals surface area (Å²) in [6.45, 7) is 7.67. The molecular formula is C20H26N4O2. The molecule has 1 aliphatic heterocycles. The van der Waals surface area contributed by atoms with Gasteiger partial charge in [-0.05, 0) is 36.8 Å². The number of hydrogen-bond donors (Lipinski definition) is 2. The second-order valence-electron chi connectivity index (χ2n) is 6.95. The van der Waals surface area contributed by atoms with Gasteiger partial charge in [0, 0.05) is 18.8 Å². The Morgan fingerprint density at radius 3 is 2.81 bits per heavy atom. The molecule has 1 aliphatic rings. The molecule has 0 aliphatic carbocycles. The average Bonchev–Trinajstić information content (AvgIpc) is 3.15. The van der Waals surface area contributed by atoms with Crippen LogP contribution in [0.15, 0.2) is 30.6 Å². The Hall–Kier alpha value is -2.47. The van der Waals surface area contributed by atoms with E-state index in [1.807, 2.05) is 0 Å². The summed E-state index contributed by atoms with van der Waals surface area (Å²) in [6, 6.07) is 6.23. The number of nitrogens with one attached hydrogen (secondary N) is 2. The molecule has 2 N–H and O–H groups in total. The van der Waals surface area contributed by atoms with E-state index in [2.05, 4.69) is 59.6 Å². The standard InChI is InChI=1S/C20H26N4O2/c1-13(2)16-8-4-6-14(3)19(16)24-18-12-21-17(11-22-18)20(25)23-10-15-7-5-9-26-15/h4,6,8,11-13,15H,5,7,9-10H2,1-3H3,(H,22,24)(H,23,25). The molecular weight excluding hydrogens is 328 g/mol. The fraction of sp³-hybridized carbons (Fsp3) is 0.450. The lowest BCUT2D eigenvalue weighted by Gasteiger charge is -2.16. The third kappa shape index (κ3) is 4.38. The molecule has 0 radical (unpaired) electrons. The molecule has 0 bridgehead atoms. The average molecular weight is 354 g/mol. The predicted octanol–water partition coefficient (Wildman–Crippen LogP) is 3.56. The largest absolute Gasteiger partial charge is 0.376 e. The first-order valence-electron chi connectivity index (χ1n) is 9.13. The van der Waals surface area contributed by atoms with Crippen LogP contribution in [-0.4, -0.2) is 35.1 Å². The van der Waals surface area contributed by atoms with E-state index < -0.39 is 0 Å². The van der Waals surface area contributed by atoms with Crippen molar-refractivity contribution in [1.29, 1.82) is 0 Å². The predicted molar refractivity (Wildman–Crippen MR) is 102 cm³/mol. The highest BCUT2D eigenvalue weighted by atomic mass is 16.5. The Morgan fingerprint density at radius 2 is 2.15 bits per heavy atom. The monoisotopic (exact) mass is 354 g/mol. The third-order valence-electron chi connectivity index (χ3n) is 4.58. The summed E-state index contributed by atoms with van der Waals surface area (Å²) in [5.41, 5.74) is 3.73. The van der Waals surface area contributed by atoms with E-state index in [1.54, 1.807) is 6.20 Å². The van der Waals surface area contributed by atoms with Crippen molar-refractivity contribution in [2.45, 2.75) is 45.6 Å². The van der Waals surface area contributed by atoms with Gasteiger partial charge in [-0.3, -0.25) is 4.79 Å². The van der Waals surface area contributed by atoms with Crippen molar-refractivity contribution < 1.29 is 9.53 Å². The molecule has 6 heteroatoms. The maximum atomic E-state index is 12.2. The lowest BCUT2D eigenvalue weighted by atomic mass is 9.98. The van der Waals surface area contributed by atoms with Gasteiger partial charge >= 0.3 is 0 Å². The zero-order valence-electron chi connectivity index (χ0n) is 15.6. The molecule has 1 aromatic carbocycles. The molecule has 1 fully saturated rings. The van der Waals surface area contributed by atoms with Crippen LogP contribution in [-0.2, 0) is 4.74 Å². The first-order chi connectivity index (χ1) is 12.5. The van der Waals surface area contributed by atoms with Gasteiger partial charge in [0.15, 0.2) is 0 Å². The molecule has 1 unspecified atom stereocenters. The second-order valence-corrected chi connectivity index (χ2v) is 6.95. The van der Waals surface area contributed by atoms with Crippen LogP contribution >= 0.6 is 0 Å². The van der Waals surface area contributed by atoms with Crippen molar-refractivity contribution in [3.05, 3.63) is 47.4 Å². The second kappa shape index (κ2) is 8.27. The quantitative estimate of drug-likeness (QED) is 0.829. The van der Waals surface area contributed by atoms with Gasteiger partial charge in [0.2, 0.25) is 0 Å². The van der Waals surface area contributed by atoms with E-state index in [4.69, 9.17) is 4.74 Å². The van der Waals surface area contributed by atoms with Crippen LogP contribution < -0.4 is 10.6 Å². The molecule has 26 heavy (non-hydrogen) atoms. The third-order valence-corrected chi connectivity index (χ3v) is 4.58. The Morgan fingerprint density at radius 1 is 1.31 bits per heavy atom. The molecule has 0 spiro atoms. The molecule has 1 saturated heterocycles.